The van der Waals surface area contributed by atoms with Crippen molar-refractivity contribution in [2.24, 2.45) is 4.99 Å². The number of aryl methyl sites for hydroxylation is 2. The van der Waals surface area contributed by atoms with Gasteiger partial charge in [-0.25, -0.2) is 28.0 Å². The molecule has 1 heterocycles. The van der Waals surface area contributed by atoms with Crippen LogP contribution in [0, 0.1) is 13.8 Å². The van der Waals surface area contributed by atoms with E-state index in [1.165, 1.54) is 51.5 Å². The van der Waals surface area contributed by atoms with Crippen LogP contribution in [0.3, 0.4) is 0 Å². The molecule has 0 aliphatic rings. The maximum Gasteiger partial charge on any atom is 0.416 e. The molecule has 0 aliphatic carbocycles. The second-order valence-electron chi connectivity index (χ2n) is 30.9. The van der Waals surface area contributed by atoms with Crippen molar-refractivity contribution in [1.29, 1.82) is 0 Å². The summed E-state index contributed by atoms with van der Waals surface area (Å²) in [6, 6.07) is 64.3. The number of aliphatic hydroxyl groups excluding tert-OH is 1. The number of fused-ring (bicyclic) bond motifs is 2. The van der Waals surface area contributed by atoms with Crippen LogP contribution in [0.5, 0.6) is 11.5 Å². The number of hydrogen-bond acceptors (Lipinski definition) is 14. The number of rotatable bonds is 18. The van der Waals surface area contributed by atoms with Gasteiger partial charge in [-0.3, -0.25) is 14.6 Å². The molecule has 12 rings (SSSR count). The summed E-state index contributed by atoms with van der Waals surface area (Å²) < 4.78 is 65.1. The Morgan fingerprint density at radius 2 is 0.925 bits per heavy atom. The number of halogens is 5. The van der Waals surface area contributed by atoms with E-state index in [2.05, 4.69) is 122 Å². The van der Waals surface area contributed by atoms with E-state index in [0.29, 0.717) is 76.0 Å². The van der Waals surface area contributed by atoms with Gasteiger partial charge in [0.05, 0.1) is 45.6 Å². The number of carboxylic acids is 4. The molecule has 12 aromatic rings. The average Bonchev–Trinajstić information content (AvgIpc) is 1.09. The fourth-order valence-electron chi connectivity index (χ4n) is 11.9. The second-order valence-corrected chi connectivity index (χ2v) is 35.0. The van der Waals surface area contributed by atoms with Crippen molar-refractivity contribution in [3.8, 4) is 22.6 Å². The lowest BCUT2D eigenvalue weighted by Crippen LogP contribution is -2.17. The maximum absolute atomic E-state index is 13.4. The molecule has 11 aromatic carbocycles. The van der Waals surface area contributed by atoms with Gasteiger partial charge in [0.1, 0.15) is 17.3 Å². The molecule has 626 valence electrons. The number of Topliss-reactive ketones (excluding diaryl/α,β-unsaturated/α-hetero) is 2. The highest BCUT2D eigenvalue weighted by atomic mass is 33.1. The number of aromatic hydroxyl groups is 2. The smallest absolute Gasteiger partial charge is 0.416 e. The van der Waals surface area contributed by atoms with Crippen molar-refractivity contribution in [1.82, 2.24) is 4.98 Å². The fourth-order valence-corrected chi connectivity index (χ4v) is 15.9. The van der Waals surface area contributed by atoms with Gasteiger partial charge in [-0.15, -0.1) is 11.8 Å². The second kappa shape index (κ2) is 41.3. The Hall–Kier alpha value is -11.7. The number of aliphatic hydroxyl groups is 1. The molecule has 0 radical (unpaired) electrons. The number of nitrogens with zero attached hydrogens (tertiary/aromatic N) is 1. The van der Waals surface area contributed by atoms with Crippen molar-refractivity contribution in [2.45, 2.75) is 156 Å². The first-order valence-corrected chi connectivity index (χ1v) is 41.6. The van der Waals surface area contributed by atoms with E-state index in [0.717, 1.165) is 84.2 Å². The van der Waals surface area contributed by atoms with Gasteiger partial charge in [0.2, 0.25) is 0 Å². The summed E-state index contributed by atoms with van der Waals surface area (Å²) in [6.45, 7) is 30.7. The molecule has 0 amide bonds. The molecule has 0 saturated carbocycles. The van der Waals surface area contributed by atoms with Crippen molar-refractivity contribution in [3.05, 3.63) is 320 Å². The molecule has 0 saturated heterocycles. The summed E-state index contributed by atoms with van der Waals surface area (Å²) in [5.74, 6) is -7.93. The van der Waals surface area contributed by atoms with Gasteiger partial charge in [0.15, 0.2) is 11.6 Å². The number of carbonyl (C=O) groups is 6. The number of aromatic carboxylic acids is 4. The lowest BCUT2D eigenvalue weighted by Gasteiger charge is -2.27. The van der Waals surface area contributed by atoms with Gasteiger partial charge < -0.3 is 40.7 Å². The lowest BCUT2D eigenvalue weighted by molar-refractivity contribution is -0.137. The van der Waals surface area contributed by atoms with E-state index in [1.54, 1.807) is 61.2 Å². The van der Waals surface area contributed by atoms with E-state index in [9.17, 15) is 66.0 Å². The number of phenolic OH excluding ortho intramolecular Hbond substituents is 2. The largest absolute Gasteiger partial charge is 0.507 e. The van der Waals surface area contributed by atoms with Crippen LogP contribution < -0.4 is 0 Å². The van der Waals surface area contributed by atoms with Gasteiger partial charge in [-0.1, -0.05) is 241 Å². The Morgan fingerprint density at radius 3 is 1.44 bits per heavy atom. The third-order valence-electron chi connectivity index (χ3n) is 18.5. The quantitative estimate of drug-likeness (QED) is 0.00990. The number of carbonyl (C=O) groups excluding carboxylic acids is 2. The fraction of sp³-hybridized carbons (Fsp3) is 0.219. The number of nitrogens with one attached hydrogen (secondary N) is 1. The SMILES string of the molecule is C=C(O)c1cc2ccccc2[nH]1.CC(=O)c1cc(C(C)(C)C)cc(-c2cccc3ccccc23)c1O.CC(=O)c1ccccc1SSc1ccccc1C(=O)O.CC(F)(F)c1ccc(Sc2ccc(C(F)(F)F)cc2C(=O)O)c(C(=O)O)c1.CSc1ccccc1CN=Cc1cc(C(C)(C)C)cc(C(C)(C)C)c1O.Cc1ccc(C(=O)O)c(C)c1. The minimum Gasteiger partial charge on any atom is -0.507 e. The first kappa shape index (κ1) is 95.4. The number of phenols is 2. The number of aromatic amines is 1. The molecular formula is C96H95F5N2O13S4. The van der Waals surface area contributed by atoms with Crippen LogP contribution in [0.4, 0.5) is 22.0 Å². The van der Waals surface area contributed by atoms with Gasteiger partial charge >= 0.3 is 30.1 Å². The molecule has 0 unspecified atom stereocenters. The molecular weight excluding hydrogens is 1610 g/mol. The molecule has 0 bridgehead atoms. The van der Waals surface area contributed by atoms with Crippen LogP contribution >= 0.6 is 45.1 Å². The Kier molecular flexibility index (Phi) is 32.9. The first-order chi connectivity index (χ1) is 56.1. The molecule has 1 aromatic heterocycles. The monoisotopic (exact) mass is 1710 g/mol. The molecule has 8 N–H and O–H groups in total. The third kappa shape index (κ3) is 26.4. The Labute approximate surface area is 711 Å². The standard InChI is InChI=1S/C23H31NOS.C22H22O2.C17H11F5O4S.C15H12O3S2.C10H9NO.C9H10O2/c1-22(2,3)18-12-17(21(25)19(13-18)23(4,5)6)15-24-14-16-10-8-9-11-20(16)26-7;1-14(23)19-12-16(22(2,3)4)13-20(21(19)24)18-11-7-9-15-8-5-6-10-17(15)18;1-16(18,19)8-2-4-12(10(6-8)14(23)24)27-13-5-3-9(17(20,21)22)7-11(13)15(25)26;1-10(16)11-6-2-4-8-13(11)19-20-14-9-5-3-7-12(14)15(17)18;1-7(12)10-6-8-4-2-3-5-9(8)11-10;1-6-3-4-8(9(10)11)7(2)5-6/h8-13,15,25H,14H2,1-7H3;5-13,24H,1-4H3;2-7H,1H3,(H,23,24)(H,25,26);2-9H,1H3,(H,17,18);2-6,11-12H,1H2;3-5H,1-2H3,(H,10,11). The summed E-state index contributed by atoms with van der Waals surface area (Å²) >= 11 is 2.30. The van der Waals surface area contributed by atoms with E-state index < -0.39 is 58.2 Å². The molecule has 0 aliphatic heterocycles. The van der Waals surface area contributed by atoms with Crippen LogP contribution in [0.25, 0.3) is 38.6 Å². The van der Waals surface area contributed by atoms with Crippen molar-refractivity contribution in [2.75, 3.05) is 6.26 Å². The van der Waals surface area contributed by atoms with E-state index in [-0.39, 0.29) is 54.7 Å². The average molecular weight is 1710 g/mol. The first-order valence-electron chi connectivity index (χ1n) is 37.4. The van der Waals surface area contributed by atoms with Crippen LogP contribution in [-0.4, -0.2) is 88.6 Å². The Balaban J connectivity index is 0.000000203. The highest BCUT2D eigenvalue weighted by Gasteiger charge is 2.33. The summed E-state index contributed by atoms with van der Waals surface area (Å²) in [5.41, 5.74) is 9.00. The Bertz CT molecular complexity index is 5620. The number of aromatic nitrogens is 1. The number of aliphatic imine (C=N–C) groups is 1. The lowest BCUT2D eigenvalue weighted by atomic mass is 9.79. The minimum atomic E-state index is -4.76. The zero-order valence-electron chi connectivity index (χ0n) is 68.9. The number of ketones is 2. The molecule has 24 heteroatoms. The van der Waals surface area contributed by atoms with Crippen molar-refractivity contribution >= 4 is 114 Å². The van der Waals surface area contributed by atoms with Crippen LogP contribution in [-0.2, 0) is 34.9 Å². The van der Waals surface area contributed by atoms with Crippen LogP contribution in [0.2, 0.25) is 0 Å². The maximum atomic E-state index is 13.4. The molecule has 15 nitrogen and oxygen atoms in total. The third-order valence-corrected chi connectivity index (χ3v) is 22.9. The zero-order chi connectivity index (χ0) is 89.1. The van der Waals surface area contributed by atoms with Gasteiger partial charge in [-0.05, 0) is 180 Å². The number of hydrogen-bond donors (Lipinski definition) is 8. The summed E-state index contributed by atoms with van der Waals surface area (Å²) in [4.78, 5) is 78.1. The van der Waals surface area contributed by atoms with Gasteiger partial charge in [0, 0.05) is 76.3 Å². The van der Waals surface area contributed by atoms with E-state index in [1.807, 2.05) is 122 Å². The van der Waals surface area contributed by atoms with E-state index >= 15 is 0 Å². The topological polar surface area (TPSA) is 272 Å². The summed E-state index contributed by atoms with van der Waals surface area (Å²) in [5, 5.41) is 70.1. The van der Waals surface area contributed by atoms with Gasteiger partial charge in [-0.2, -0.15) is 13.2 Å². The molecule has 0 spiro atoms. The molecule has 0 atom stereocenters. The number of carboxylic acid groups (broad SMARTS) is 4. The number of benzene rings is 11. The summed E-state index contributed by atoms with van der Waals surface area (Å²) in [6.07, 6.45) is -0.859. The number of H-pyrrole nitrogens is 1. The molecule has 120 heavy (non-hydrogen) atoms. The zero-order valence-corrected chi connectivity index (χ0v) is 72.2. The van der Waals surface area contributed by atoms with Crippen molar-refractivity contribution < 1.29 is 86.5 Å². The normalized spacial score (nSPS) is 11.4. The number of para-hydroxylation sites is 1. The number of alkyl halides is 5. The van der Waals surface area contributed by atoms with Crippen LogP contribution in [0.15, 0.2) is 261 Å². The highest BCUT2D eigenvalue weighted by Crippen LogP contribution is 2.44. The van der Waals surface area contributed by atoms with Crippen molar-refractivity contribution in [3.63, 3.8) is 0 Å². The van der Waals surface area contributed by atoms with Gasteiger partial charge in [0.25, 0.3) is 5.92 Å². The Morgan fingerprint density at radius 1 is 0.442 bits per heavy atom. The number of thioether (sulfide) groups is 1. The predicted octanol–water partition coefficient (Wildman–Crippen LogP) is 26.5. The van der Waals surface area contributed by atoms with E-state index in [4.69, 9.17) is 20.4 Å². The predicted molar refractivity (Wildman–Crippen MR) is 475 cm³/mol. The highest BCUT2D eigenvalue weighted by molar-refractivity contribution is 8.76. The van der Waals surface area contributed by atoms with Crippen LogP contribution in [0.1, 0.15) is 201 Å². The summed E-state index contributed by atoms with van der Waals surface area (Å²) in [7, 11) is 2.74. The minimum absolute atomic E-state index is 0.000203. The molecule has 0 fully saturated rings.